The lowest BCUT2D eigenvalue weighted by Gasteiger charge is -2.51. The van der Waals surface area contributed by atoms with E-state index in [9.17, 15) is 0 Å². The summed E-state index contributed by atoms with van der Waals surface area (Å²) in [6.45, 7) is 52.0. The van der Waals surface area contributed by atoms with Gasteiger partial charge in [-0.2, -0.15) is 0 Å². The third-order valence-electron chi connectivity index (χ3n) is 14.2. The van der Waals surface area contributed by atoms with Crippen molar-refractivity contribution >= 4 is 33.3 Å². The van der Waals surface area contributed by atoms with Gasteiger partial charge in [0.05, 0.1) is 42.9 Å². The van der Waals surface area contributed by atoms with Gasteiger partial charge in [0.15, 0.2) is 45.8 Å². The van der Waals surface area contributed by atoms with Crippen LogP contribution in [0.4, 0.5) is 0 Å². The summed E-state index contributed by atoms with van der Waals surface area (Å²) in [7, 11) is -8.67. The fourth-order valence-electron chi connectivity index (χ4n) is 6.26. The van der Waals surface area contributed by atoms with Crippen LogP contribution in [0.1, 0.15) is 117 Å². The molecule has 0 saturated carbocycles. The Morgan fingerprint density at radius 1 is 0.455 bits per heavy atom. The van der Waals surface area contributed by atoms with Crippen LogP contribution in [0, 0.1) is 0 Å². The predicted molar refractivity (Wildman–Crippen MR) is 236 cm³/mol. The maximum absolute atomic E-state index is 7.25. The molecule has 13 heteroatoms. The molecule has 0 spiro atoms. The van der Waals surface area contributed by atoms with Gasteiger partial charge in [-0.25, -0.2) is 0 Å². The molecule has 2 saturated heterocycles. The van der Waals surface area contributed by atoms with E-state index in [0.29, 0.717) is 12.8 Å². The first-order valence-corrected chi connectivity index (χ1v) is 32.8. The summed E-state index contributed by atoms with van der Waals surface area (Å²) in [5.74, 6) is 0. The largest absolute Gasteiger partial charge is 0.496 e. The molecule has 55 heavy (non-hydrogen) atoms. The Labute approximate surface area is 342 Å². The van der Waals surface area contributed by atoms with Crippen molar-refractivity contribution in [2.24, 2.45) is 0 Å². The molecular formula is C42H86O9Si4. The molecule has 3 rings (SSSR count). The smallest absolute Gasteiger partial charge is 0.193 e. The van der Waals surface area contributed by atoms with Crippen molar-refractivity contribution in [3.05, 3.63) is 12.3 Å². The minimum atomic E-state index is -2.25. The number of hydrogen-bond donors (Lipinski definition) is 0. The van der Waals surface area contributed by atoms with Crippen molar-refractivity contribution in [3.8, 4) is 0 Å². The van der Waals surface area contributed by atoms with Crippen molar-refractivity contribution in [3.63, 3.8) is 0 Å². The van der Waals surface area contributed by atoms with Crippen molar-refractivity contribution in [1.29, 1.82) is 0 Å². The highest BCUT2D eigenvalue weighted by molar-refractivity contribution is 6.75. The molecule has 11 atom stereocenters. The number of rotatable bonds is 12. The summed E-state index contributed by atoms with van der Waals surface area (Å²) in [5, 5.41) is 0.152. The van der Waals surface area contributed by atoms with Crippen LogP contribution < -0.4 is 0 Å². The summed E-state index contributed by atoms with van der Waals surface area (Å²) in [4.78, 5) is 0. The van der Waals surface area contributed by atoms with Gasteiger partial charge < -0.3 is 41.4 Å². The molecule has 324 valence electrons. The van der Waals surface area contributed by atoms with Gasteiger partial charge in [-0.15, -0.1) is 0 Å². The van der Waals surface area contributed by atoms with Crippen LogP contribution in [0.3, 0.4) is 0 Å². The molecule has 2 fully saturated rings. The van der Waals surface area contributed by atoms with Gasteiger partial charge in [-0.05, 0) is 99.4 Å². The second-order valence-electron chi connectivity index (χ2n) is 22.9. The quantitative estimate of drug-likeness (QED) is 0.178. The van der Waals surface area contributed by atoms with E-state index >= 15 is 0 Å². The van der Waals surface area contributed by atoms with Gasteiger partial charge in [0, 0.05) is 12.8 Å². The minimum absolute atomic E-state index is 0.000326. The fourth-order valence-corrected chi connectivity index (χ4v) is 11.6. The highest BCUT2D eigenvalue weighted by Gasteiger charge is 2.52. The number of ether oxygens (including phenoxy) is 5. The van der Waals surface area contributed by atoms with Crippen LogP contribution in [-0.4, -0.2) is 101 Å². The zero-order valence-electron chi connectivity index (χ0n) is 39.6. The Morgan fingerprint density at radius 3 is 1.22 bits per heavy atom. The van der Waals surface area contributed by atoms with E-state index in [1.807, 2.05) is 13.0 Å². The first kappa shape index (κ1) is 49.4. The molecule has 0 aromatic heterocycles. The van der Waals surface area contributed by atoms with Gasteiger partial charge in [0.25, 0.3) is 0 Å². The molecule has 0 unspecified atom stereocenters. The van der Waals surface area contributed by atoms with E-state index < -0.39 is 45.8 Å². The molecule has 0 radical (unpaired) electrons. The van der Waals surface area contributed by atoms with E-state index in [0.717, 1.165) is 0 Å². The molecular weight excluding hydrogens is 761 g/mol. The molecule has 3 aliphatic rings. The van der Waals surface area contributed by atoms with Gasteiger partial charge in [-0.3, -0.25) is 0 Å². The third kappa shape index (κ3) is 12.1. The summed E-state index contributed by atoms with van der Waals surface area (Å²) < 4.78 is 62.0. The molecule has 3 heterocycles. The van der Waals surface area contributed by atoms with Crippen molar-refractivity contribution in [2.75, 3.05) is 0 Å². The van der Waals surface area contributed by atoms with Crippen LogP contribution in [0.2, 0.25) is 72.5 Å². The summed E-state index contributed by atoms with van der Waals surface area (Å²) in [6, 6.07) is 0. The van der Waals surface area contributed by atoms with Gasteiger partial charge in [-0.1, -0.05) is 83.1 Å². The molecule has 0 aromatic rings. The van der Waals surface area contributed by atoms with Crippen LogP contribution >= 0.6 is 0 Å². The topological polar surface area (TPSA) is 83.1 Å². The molecule has 3 aliphatic heterocycles. The van der Waals surface area contributed by atoms with E-state index in [1.54, 1.807) is 6.26 Å². The van der Waals surface area contributed by atoms with E-state index in [1.165, 1.54) is 0 Å². The molecule has 0 aliphatic carbocycles. The highest BCUT2D eigenvalue weighted by Crippen LogP contribution is 2.45. The Morgan fingerprint density at radius 2 is 0.800 bits per heavy atom. The molecule has 0 aromatic carbocycles. The predicted octanol–water partition coefficient (Wildman–Crippen LogP) is 11.5. The first-order chi connectivity index (χ1) is 24.5. The first-order valence-electron chi connectivity index (χ1n) is 21.1. The van der Waals surface area contributed by atoms with Crippen molar-refractivity contribution < 1.29 is 41.4 Å². The normalized spacial score (nSPS) is 33.8. The van der Waals surface area contributed by atoms with Crippen molar-refractivity contribution in [1.82, 2.24) is 0 Å². The minimum Gasteiger partial charge on any atom is -0.496 e. The second kappa shape index (κ2) is 17.2. The van der Waals surface area contributed by atoms with Gasteiger partial charge in [0.2, 0.25) is 0 Å². The second-order valence-corrected chi connectivity index (χ2v) is 41.9. The van der Waals surface area contributed by atoms with Gasteiger partial charge in [0.1, 0.15) is 18.3 Å². The summed E-state index contributed by atoms with van der Waals surface area (Å²) in [6.07, 6.45) is 1.46. The zero-order chi connectivity index (χ0) is 42.5. The molecule has 9 nitrogen and oxygen atoms in total. The van der Waals surface area contributed by atoms with Crippen LogP contribution in [0.25, 0.3) is 0 Å². The average molecular weight is 847 g/mol. The SMILES string of the molecule is C[C@H]1OC=C[C@H](O[Si](C)(C)C(C)(C)C)[C@@H]1O[C@H]1C[C@H](O[Si](C)(C)C(C)(C)C)[C@H](O[C@H]2C[C@H](O[Si](C)(C)C(C)(C)C)[C@H](O[Si](C)(C)C(C)(C)C)[C@@H](C)O2)[C@@H](C)O1. The van der Waals surface area contributed by atoms with Crippen molar-refractivity contribution in [2.45, 2.75) is 257 Å². The van der Waals surface area contributed by atoms with E-state index in [4.69, 9.17) is 41.4 Å². The lowest BCUT2D eigenvalue weighted by Crippen LogP contribution is -2.61. The lowest BCUT2D eigenvalue weighted by molar-refractivity contribution is -0.318. The van der Waals surface area contributed by atoms with Crippen LogP contribution in [0.5, 0.6) is 0 Å². The fraction of sp³-hybridized carbons (Fsp3) is 0.952. The standard InChI is InChI=1S/C42H86O9Si4/c1-28-36(31(24-25-43-28)48-52(16,17)39(4,5)6)46-34-26-32(49-53(18,19)40(7,8)9)37(29(2)44-34)47-35-27-33(50-54(20,21)41(10,11)12)38(30(3)45-35)51-55(22,23)42(13,14)15/h24-25,28-38H,26-27H2,1-23H3/t28-,29-,30-,31+,32+,33+,34+,35+,36-,37-,38-/m1/s1. The highest BCUT2D eigenvalue weighted by atomic mass is 28.4. The summed E-state index contributed by atoms with van der Waals surface area (Å²) in [5.41, 5.74) is 0. The van der Waals surface area contributed by atoms with E-state index in [2.05, 4.69) is 149 Å². The maximum Gasteiger partial charge on any atom is 0.193 e. The van der Waals surface area contributed by atoms with Gasteiger partial charge >= 0.3 is 0 Å². The Balaban J connectivity index is 1.93. The third-order valence-corrected chi connectivity index (χ3v) is 32.1. The Kier molecular flexibility index (Phi) is 15.5. The Bertz CT molecular complexity index is 1280. The summed E-state index contributed by atoms with van der Waals surface area (Å²) >= 11 is 0. The maximum atomic E-state index is 7.25. The molecule has 0 N–H and O–H groups in total. The number of hydrogen-bond acceptors (Lipinski definition) is 9. The molecule has 0 amide bonds. The zero-order valence-corrected chi connectivity index (χ0v) is 43.6. The van der Waals surface area contributed by atoms with Crippen LogP contribution in [-0.2, 0) is 41.4 Å². The van der Waals surface area contributed by atoms with E-state index in [-0.39, 0.29) is 75.1 Å². The van der Waals surface area contributed by atoms with Crippen LogP contribution in [0.15, 0.2) is 12.3 Å². The Hall–Kier alpha value is 0.0875. The average Bonchev–Trinajstić information content (AvgIpc) is 2.95. The monoisotopic (exact) mass is 847 g/mol. The molecule has 0 bridgehead atoms. The lowest BCUT2D eigenvalue weighted by atomic mass is 10.00.